The monoisotopic (exact) mass is 295 g/mol. The highest BCUT2D eigenvalue weighted by Crippen LogP contribution is 2.20. The van der Waals surface area contributed by atoms with Gasteiger partial charge in [-0.2, -0.15) is 0 Å². The molecule has 2 N–H and O–H groups in total. The molecule has 0 fully saturated rings. The summed E-state index contributed by atoms with van der Waals surface area (Å²) in [5.41, 5.74) is 2.70. The number of carbonyl (C=O) groups is 1. The van der Waals surface area contributed by atoms with Crippen molar-refractivity contribution in [1.82, 2.24) is 15.2 Å². The maximum atomic E-state index is 12.2. The van der Waals surface area contributed by atoms with Gasteiger partial charge in [-0.15, -0.1) is 0 Å². The van der Waals surface area contributed by atoms with Crippen LogP contribution in [0.25, 0.3) is 0 Å². The van der Waals surface area contributed by atoms with Crippen LogP contribution in [0.3, 0.4) is 0 Å². The fourth-order valence-electron chi connectivity index (χ4n) is 1.95. The Labute approximate surface area is 118 Å². The third-order valence-electron chi connectivity index (χ3n) is 3.08. The van der Waals surface area contributed by atoms with Crippen LogP contribution in [0.2, 0.25) is 0 Å². The summed E-state index contributed by atoms with van der Waals surface area (Å²) < 4.78 is 26.5. The Balaban J connectivity index is 2.22. The lowest BCUT2D eigenvalue weighted by Crippen LogP contribution is -2.54. The van der Waals surface area contributed by atoms with E-state index in [1.807, 2.05) is 0 Å². The van der Waals surface area contributed by atoms with Gasteiger partial charge in [0, 0.05) is 6.20 Å². The molecule has 2 amide bonds. The number of carbonyl (C=O) groups excluding carboxylic acids is 1. The number of amides is 2. The van der Waals surface area contributed by atoms with E-state index in [9.17, 15) is 13.2 Å². The van der Waals surface area contributed by atoms with Crippen LogP contribution in [0.15, 0.2) is 41.4 Å². The third-order valence-corrected chi connectivity index (χ3v) is 4.56. The number of rotatable bonds is 2. The second-order valence-corrected chi connectivity index (χ2v) is 6.78. The molecule has 6 nitrogen and oxygen atoms in total. The van der Waals surface area contributed by atoms with E-state index in [0.717, 1.165) is 0 Å². The normalized spacial score (nSPS) is 16.9. The lowest BCUT2D eigenvalue weighted by atomic mass is 10.1. The molecular weight excluding hydrogens is 278 g/mol. The SMILES string of the molecule is Cc1ccccc1S(=O)(=O)NC(=O)N1NC=CC1(C)C. The maximum absolute atomic E-state index is 12.2. The van der Waals surface area contributed by atoms with Gasteiger partial charge in [0.1, 0.15) is 0 Å². The van der Waals surface area contributed by atoms with Gasteiger partial charge in [0.2, 0.25) is 0 Å². The molecule has 0 aromatic heterocycles. The van der Waals surface area contributed by atoms with Crippen LogP contribution in [0, 0.1) is 6.92 Å². The molecule has 0 spiro atoms. The summed E-state index contributed by atoms with van der Waals surface area (Å²) in [5.74, 6) is 0. The van der Waals surface area contributed by atoms with Crippen LogP contribution in [0.5, 0.6) is 0 Å². The molecule has 0 unspecified atom stereocenters. The number of nitrogens with zero attached hydrogens (tertiary/aromatic N) is 1. The summed E-state index contributed by atoms with van der Waals surface area (Å²) in [5, 5.41) is 1.23. The Hall–Kier alpha value is -2.02. The number of hydrogen-bond donors (Lipinski definition) is 2. The van der Waals surface area contributed by atoms with E-state index in [1.165, 1.54) is 11.1 Å². The topological polar surface area (TPSA) is 78.5 Å². The number of hydrogen-bond acceptors (Lipinski definition) is 4. The molecule has 1 heterocycles. The Morgan fingerprint density at radius 2 is 1.95 bits per heavy atom. The smallest absolute Gasteiger partial charge is 0.301 e. The number of urea groups is 1. The van der Waals surface area contributed by atoms with Crippen LogP contribution < -0.4 is 10.1 Å². The van der Waals surface area contributed by atoms with E-state index in [-0.39, 0.29) is 4.90 Å². The van der Waals surface area contributed by atoms with Crippen LogP contribution in [-0.2, 0) is 10.0 Å². The summed E-state index contributed by atoms with van der Waals surface area (Å²) in [4.78, 5) is 12.2. The van der Waals surface area contributed by atoms with E-state index in [0.29, 0.717) is 5.56 Å². The zero-order chi connectivity index (χ0) is 15.0. The van der Waals surface area contributed by atoms with Crippen molar-refractivity contribution in [2.24, 2.45) is 0 Å². The van der Waals surface area contributed by atoms with Gasteiger partial charge >= 0.3 is 6.03 Å². The molecule has 0 atom stereocenters. The van der Waals surface area contributed by atoms with Gasteiger partial charge in [0.15, 0.2) is 0 Å². The summed E-state index contributed by atoms with van der Waals surface area (Å²) >= 11 is 0. The fourth-order valence-corrected chi connectivity index (χ4v) is 3.13. The minimum absolute atomic E-state index is 0.0957. The Kier molecular flexibility index (Phi) is 3.47. The highest BCUT2D eigenvalue weighted by molar-refractivity contribution is 7.90. The molecule has 1 aliphatic rings. The van der Waals surface area contributed by atoms with Crippen molar-refractivity contribution in [1.29, 1.82) is 0 Å². The van der Waals surface area contributed by atoms with Gasteiger partial charge in [0.25, 0.3) is 10.0 Å². The van der Waals surface area contributed by atoms with Crippen molar-refractivity contribution < 1.29 is 13.2 Å². The Morgan fingerprint density at radius 1 is 1.30 bits per heavy atom. The lowest BCUT2D eigenvalue weighted by molar-refractivity contribution is 0.152. The van der Waals surface area contributed by atoms with Gasteiger partial charge in [-0.25, -0.2) is 22.9 Å². The molecule has 1 aromatic carbocycles. The molecule has 7 heteroatoms. The molecule has 0 saturated heterocycles. The first-order chi connectivity index (χ1) is 9.24. The first kappa shape index (κ1) is 14.4. The number of aryl methyl sites for hydroxylation is 1. The van der Waals surface area contributed by atoms with Crippen LogP contribution in [0.1, 0.15) is 19.4 Å². The Bertz CT molecular complexity index is 665. The van der Waals surface area contributed by atoms with Gasteiger partial charge < -0.3 is 5.43 Å². The van der Waals surface area contributed by atoms with Crippen LogP contribution in [0.4, 0.5) is 4.79 Å². The van der Waals surface area contributed by atoms with E-state index < -0.39 is 21.6 Å². The third kappa shape index (κ3) is 2.62. The van der Waals surface area contributed by atoms with Crippen molar-refractivity contribution in [3.63, 3.8) is 0 Å². The number of hydrazine groups is 1. The van der Waals surface area contributed by atoms with E-state index in [4.69, 9.17) is 0 Å². The van der Waals surface area contributed by atoms with Crippen LogP contribution in [-0.4, -0.2) is 25.0 Å². The van der Waals surface area contributed by atoms with Gasteiger partial charge in [-0.05, 0) is 38.5 Å². The second kappa shape index (κ2) is 4.82. The average molecular weight is 295 g/mol. The van der Waals surface area contributed by atoms with Crippen molar-refractivity contribution in [3.05, 3.63) is 42.1 Å². The van der Waals surface area contributed by atoms with E-state index >= 15 is 0 Å². The number of sulfonamides is 1. The van der Waals surface area contributed by atoms with Crippen molar-refractivity contribution in [3.8, 4) is 0 Å². The summed E-state index contributed by atoms with van der Waals surface area (Å²) in [6.45, 7) is 5.27. The predicted octanol–water partition coefficient (Wildman–Crippen LogP) is 1.51. The highest BCUT2D eigenvalue weighted by atomic mass is 32.2. The van der Waals surface area contributed by atoms with Gasteiger partial charge in [-0.3, -0.25) is 0 Å². The molecule has 108 valence electrons. The largest absolute Gasteiger partial charge is 0.350 e. The number of benzene rings is 1. The van der Waals surface area contributed by atoms with Gasteiger partial charge in [-0.1, -0.05) is 18.2 Å². The molecule has 0 aliphatic carbocycles. The molecule has 1 aliphatic heterocycles. The molecule has 0 saturated carbocycles. The highest BCUT2D eigenvalue weighted by Gasteiger charge is 2.34. The van der Waals surface area contributed by atoms with Crippen molar-refractivity contribution in [2.45, 2.75) is 31.2 Å². The second-order valence-electron chi connectivity index (χ2n) is 5.13. The first-order valence-electron chi connectivity index (χ1n) is 6.10. The van der Waals surface area contributed by atoms with Crippen molar-refractivity contribution in [2.75, 3.05) is 0 Å². The fraction of sp³-hybridized carbons (Fsp3) is 0.308. The van der Waals surface area contributed by atoms with E-state index in [2.05, 4.69) is 10.1 Å². The lowest BCUT2D eigenvalue weighted by Gasteiger charge is -2.30. The maximum Gasteiger partial charge on any atom is 0.350 e. The summed E-state index contributed by atoms with van der Waals surface area (Å²) in [6, 6.07) is 5.78. The van der Waals surface area contributed by atoms with Crippen LogP contribution >= 0.6 is 0 Å². The molecule has 0 bridgehead atoms. The van der Waals surface area contributed by atoms with Gasteiger partial charge in [0.05, 0.1) is 10.4 Å². The van der Waals surface area contributed by atoms with Crippen molar-refractivity contribution >= 4 is 16.1 Å². The standard InChI is InChI=1S/C13H17N3O3S/c1-10-6-4-5-7-11(10)20(18,19)15-12(17)16-13(2,3)8-9-14-16/h4-9,14H,1-3H3,(H,15,17). The minimum atomic E-state index is -3.89. The first-order valence-corrected chi connectivity index (χ1v) is 7.59. The Morgan fingerprint density at radius 3 is 2.50 bits per heavy atom. The molecule has 2 rings (SSSR count). The predicted molar refractivity (Wildman–Crippen MR) is 75.1 cm³/mol. The zero-order valence-corrected chi connectivity index (χ0v) is 12.4. The molecular formula is C13H17N3O3S. The quantitative estimate of drug-likeness (QED) is 0.867. The average Bonchev–Trinajstić information content (AvgIpc) is 2.68. The minimum Gasteiger partial charge on any atom is -0.301 e. The summed E-state index contributed by atoms with van der Waals surface area (Å²) in [7, 11) is -3.89. The molecule has 1 aromatic rings. The van der Waals surface area contributed by atoms with E-state index in [1.54, 1.807) is 51.2 Å². The molecule has 20 heavy (non-hydrogen) atoms. The zero-order valence-electron chi connectivity index (χ0n) is 11.5. The molecule has 0 radical (unpaired) electrons. The number of nitrogens with one attached hydrogen (secondary N) is 2. The summed E-state index contributed by atoms with van der Waals surface area (Å²) in [6.07, 6.45) is 3.37.